The normalized spacial score (nSPS) is 11.9. The molecule has 0 bridgehead atoms. The molecule has 0 radical (unpaired) electrons. The molecule has 0 aliphatic rings. The summed E-state index contributed by atoms with van der Waals surface area (Å²) in [4.78, 5) is 16.4. The van der Waals surface area contributed by atoms with Gasteiger partial charge < -0.3 is 5.32 Å². The van der Waals surface area contributed by atoms with Crippen molar-refractivity contribution in [3.63, 3.8) is 0 Å². The number of thiophene rings is 1. The summed E-state index contributed by atoms with van der Waals surface area (Å²) in [6.07, 6.45) is 1.42. The molecule has 1 atom stereocenters. The first-order valence-corrected chi connectivity index (χ1v) is 6.26. The first-order chi connectivity index (χ1) is 8.66. The zero-order valence-corrected chi connectivity index (χ0v) is 10.5. The lowest BCUT2D eigenvalue weighted by molar-refractivity contribution is 0.249. The molecule has 18 heavy (non-hydrogen) atoms. The Morgan fingerprint density at radius 3 is 2.94 bits per heavy atom. The van der Waals surface area contributed by atoms with Crippen molar-refractivity contribution >= 4 is 23.2 Å². The second kappa shape index (κ2) is 5.59. The Kier molecular flexibility index (Phi) is 3.88. The highest BCUT2D eigenvalue weighted by molar-refractivity contribution is 7.10. The molecule has 2 amide bonds. The monoisotopic (exact) mass is 265 g/mol. The highest BCUT2D eigenvalue weighted by Gasteiger charge is 2.12. The van der Waals surface area contributed by atoms with E-state index in [2.05, 4.69) is 15.6 Å². The second-order valence-corrected chi connectivity index (χ2v) is 4.65. The Morgan fingerprint density at radius 1 is 1.44 bits per heavy atom. The molecule has 94 valence electrons. The van der Waals surface area contributed by atoms with Crippen LogP contribution in [0.2, 0.25) is 0 Å². The van der Waals surface area contributed by atoms with Crippen molar-refractivity contribution < 1.29 is 9.18 Å². The van der Waals surface area contributed by atoms with E-state index in [1.165, 1.54) is 18.3 Å². The van der Waals surface area contributed by atoms with Crippen LogP contribution in [0.3, 0.4) is 0 Å². The average molecular weight is 265 g/mol. The number of amides is 2. The quantitative estimate of drug-likeness (QED) is 0.895. The zero-order valence-electron chi connectivity index (χ0n) is 9.68. The van der Waals surface area contributed by atoms with Gasteiger partial charge in [0.15, 0.2) is 11.6 Å². The van der Waals surface area contributed by atoms with Gasteiger partial charge >= 0.3 is 6.03 Å². The van der Waals surface area contributed by atoms with Crippen molar-refractivity contribution in [3.8, 4) is 0 Å². The van der Waals surface area contributed by atoms with Gasteiger partial charge in [0.2, 0.25) is 0 Å². The fourth-order valence-electron chi connectivity index (χ4n) is 1.43. The van der Waals surface area contributed by atoms with E-state index in [0.29, 0.717) is 0 Å². The lowest BCUT2D eigenvalue weighted by atomic mass is 10.3. The van der Waals surface area contributed by atoms with Gasteiger partial charge in [0.05, 0.1) is 6.04 Å². The van der Waals surface area contributed by atoms with Crippen LogP contribution in [0, 0.1) is 5.82 Å². The fourth-order valence-corrected chi connectivity index (χ4v) is 2.16. The number of urea groups is 1. The van der Waals surface area contributed by atoms with Gasteiger partial charge in [-0.1, -0.05) is 6.07 Å². The number of nitrogens with zero attached hydrogens (tertiary/aromatic N) is 1. The van der Waals surface area contributed by atoms with Gasteiger partial charge in [-0.25, -0.2) is 14.2 Å². The number of hydrogen-bond acceptors (Lipinski definition) is 3. The summed E-state index contributed by atoms with van der Waals surface area (Å²) in [6, 6.07) is 5.94. The molecule has 0 aliphatic heterocycles. The van der Waals surface area contributed by atoms with Gasteiger partial charge in [0.1, 0.15) is 0 Å². The number of anilines is 1. The zero-order chi connectivity index (χ0) is 13.0. The third-order valence-corrected chi connectivity index (χ3v) is 3.36. The van der Waals surface area contributed by atoms with Gasteiger partial charge in [-0.05, 0) is 30.5 Å². The van der Waals surface area contributed by atoms with Crippen molar-refractivity contribution in [2.75, 3.05) is 5.32 Å². The molecule has 2 N–H and O–H groups in total. The predicted octanol–water partition coefficient (Wildman–Crippen LogP) is 3.16. The molecule has 0 aliphatic carbocycles. The highest BCUT2D eigenvalue weighted by Crippen LogP contribution is 2.18. The Labute approximate surface area is 108 Å². The van der Waals surface area contributed by atoms with E-state index in [1.54, 1.807) is 11.3 Å². The lowest BCUT2D eigenvalue weighted by Crippen LogP contribution is -2.31. The minimum atomic E-state index is -0.559. The molecule has 0 spiro atoms. The number of carbonyl (C=O) groups is 1. The summed E-state index contributed by atoms with van der Waals surface area (Å²) in [7, 11) is 0. The number of rotatable bonds is 3. The van der Waals surface area contributed by atoms with Gasteiger partial charge in [0, 0.05) is 11.1 Å². The van der Waals surface area contributed by atoms with E-state index in [-0.39, 0.29) is 11.9 Å². The molecule has 0 aromatic carbocycles. The van der Waals surface area contributed by atoms with Gasteiger partial charge in [-0.2, -0.15) is 0 Å². The topological polar surface area (TPSA) is 54.0 Å². The maximum atomic E-state index is 13.3. The number of halogens is 1. The molecular formula is C12H12FN3OS. The Morgan fingerprint density at radius 2 is 2.28 bits per heavy atom. The minimum absolute atomic E-state index is 0.0756. The van der Waals surface area contributed by atoms with E-state index in [4.69, 9.17) is 0 Å². The van der Waals surface area contributed by atoms with E-state index in [9.17, 15) is 9.18 Å². The van der Waals surface area contributed by atoms with Crippen LogP contribution in [-0.2, 0) is 0 Å². The molecule has 2 rings (SSSR count). The molecule has 4 nitrogen and oxygen atoms in total. The van der Waals surface area contributed by atoms with Crippen LogP contribution in [0.4, 0.5) is 15.0 Å². The maximum absolute atomic E-state index is 13.3. The third kappa shape index (κ3) is 3.04. The molecule has 0 unspecified atom stereocenters. The Hall–Kier alpha value is -1.95. The van der Waals surface area contributed by atoms with Crippen LogP contribution in [-0.4, -0.2) is 11.0 Å². The average Bonchev–Trinajstić information content (AvgIpc) is 2.85. The first kappa shape index (κ1) is 12.5. The summed E-state index contributed by atoms with van der Waals surface area (Å²) in [6.45, 7) is 1.86. The summed E-state index contributed by atoms with van der Waals surface area (Å²) in [5, 5.41) is 7.02. The molecule has 2 heterocycles. The van der Waals surface area contributed by atoms with Gasteiger partial charge in [-0.3, -0.25) is 5.32 Å². The molecule has 0 saturated carbocycles. The maximum Gasteiger partial charge on any atom is 0.320 e. The number of nitrogens with one attached hydrogen (secondary N) is 2. The van der Waals surface area contributed by atoms with Crippen LogP contribution in [0.5, 0.6) is 0 Å². The van der Waals surface area contributed by atoms with Crippen molar-refractivity contribution in [2.24, 2.45) is 0 Å². The van der Waals surface area contributed by atoms with Gasteiger partial charge in [0.25, 0.3) is 0 Å². The standard InChI is InChI=1S/C12H12FN3OS/c1-8(10-5-3-7-18-10)15-12(17)16-11-9(13)4-2-6-14-11/h2-8H,1H3,(H2,14,15,16,17)/t8-/m1/s1. The fraction of sp³-hybridized carbons (Fsp3) is 0.167. The summed E-state index contributed by atoms with van der Waals surface area (Å²) < 4.78 is 13.3. The second-order valence-electron chi connectivity index (χ2n) is 3.67. The first-order valence-electron chi connectivity index (χ1n) is 5.38. The third-order valence-electron chi connectivity index (χ3n) is 2.31. The summed E-state index contributed by atoms with van der Waals surface area (Å²) >= 11 is 1.55. The van der Waals surface area contributed by atoms with Crippen LogP contribution < -0.4 is 10.6 Å². The molecule has 0 fully saturated rings. The summed E-state index contributed by atoms with van der Waals surface area (Å²) in [5.41, 5.74) is 0. The van der Waals surface area contributed by atoms with Crippen molar-refractivity contribution in [1.82, 2.24) is 10.3 Å². The van der Waals surface area contributed by atoms with E-state index < -0.39 is 11.8 Å². The Bertz CT molecular complexity index is 530. The van der Waals surface area contributed by atoms with E-state index in [1.807, 2.05) is 24.4 Å². The SMILES string of the molecule is C[C@@H](NC(=O)Nc1ncccc1F)c1cccs1. The molecular weight excluding hydrogens is 253 g/mol. The number of pyridine rings is 1. The number of hydrogen-bond donors (Lipinski definition) is 2. The largest absolute Gasteiger partial charge is 0.330 e. The van der Waals surface area contributed by atoms with Crippen LogP contribution in [0.15, 0.2) is 35.8 Å². The highest BCUT2D eigenvalue weighted by atomic mass is 32.1. The van der Waals surface area contributed by atoms with E-state index >= 15 is 0 Å². The number of aromatic nitrogens is 1. The molecule has 2 aromatic rings. The van der Waals surface area contributed by atoms with Crippen molar-refractivity contribution in [1.29, 1.82) is 0 Å². The van der Waals surface area contributed by atoms with Crippen LogP contribution >= 0.6 is 11.3 Å². The predicted molar refractivity (Wildman–Crippen MR) is 69.1 cm³/mol. The molecule has 0 saturated heterocycles. The van der Waals surface area contributed by atoms with Crippen molar-refractivity contribution in [2.45, 2.75) is 13.0 Å². The van der Waals surface area contributed by atoms with Crippen LogP contribution in [0.25, 0.3) is 0 Å². The minimum Gasteiger partial charge on any atom is -0.330 e. The van der Waals surface area contributed by atoms with Crippen LogP contribution in [0.1, 0.15) is 17.8 Å². The van der Waals surface area contributed by atoms with Gasteiger partial charge in [-0.15, -0.1) is 11.3 Å². The molecule has 6 heteroatoms. The molecule has 2 aromatic heterocycles. The summed E-state index contributed by atoms with van der Waals surface area (Å²) in [5.74, 6) is -0.634. The van der Waals surface area contributed by atoms with E-state index in [0.717, 1.165) is 4.88 Å². The number of carbonyl (C=O) groups excluding carboxylic acids is 1. The smallest absolute Gasteiger partial charge is 0.320 e. The lowest BCUT2D eigenvalue weighted by Gasteiger charge is -2.12. The Balaban J connectivity index is 1.95. The van der Waals surface area contributed by atoms with Crippen molar-refractivity contribution in [3.05, 3.63) is 46.5 Å².